The molecule has 4 nitrogen and oxygen atoms in total. The molecule has 0 aliphatic carbocycles. The van der Waals surface area contributed by atoms with Crippen LogP contribution in [0.15, 0.2) is 35.5 Å². The molecule has 4 heteroatoms. The van der Waals surface area contributed by atoms with Gasteiger partial charge in [-0.3, -0.25) is 0 Å². The fraction of sp³-hybridized carbons (Fsp3) is 0.200. The number of hydrogen-bond donors (Lipinski definition) is 0. The minimum Gasteiger partial charge on any atom is -0.456 e. The zero-order valence-corrected chi connectivity index (χ0v) is 7.84. The second-order valence-electron chi connectivity index (χ2n) is 2.51. The lowest BCUT2D eigenvalue weighted by molar-refractivity contribution is -0.136. The topological polar surface area (TPSA) is 47.9 Å². The maximum atomic E-state index is 10.9. The lowest BCUT2D eigenvalue weighted by Gasteiger charge is -2.00. The van der Waals surface area contributed by atoms with Crippen molar-refractivity contribution in [2.45, 2.75) is 6.61 Å². The summed E-state index contributed by atoms with van der Waals surface area (Å²) in [6, 6.07) is 9.41. The van der Waals surface area contributed by atoms with Crippen LogP contribution in [0.4, 0.5) is 0 Å². The molecule has 1 rings (SSSR count). The van der Waals surface area contributed by atoms with Crippen molar-refractivity contribution < 1.29 is 14.4 Å². The van der Waals surface area contributed by atoms with Gasteiger partial charge in [-0.15, -0.1) is 0 Å². The number of carbonyl (C=O) groups is 1. The van der Waals surface area contributed by atoms with Gasteiger partial charge in [-0.25, -0.2) is 4.79 Å². The Morgan fingerprint density at radius 1 is 1.43 bits per heavy atom. The molecule has 14 heavy (non-hydrogen) atoms. The molecule has 0 amide bonds. The Morgan fingerprint density at radius 3 is 2.79 bits per heavy atom. The Bertz CT molecular complexity index is 308. The zero-order valence-electron chi connectivity index (χ0n) is 7.84. The number of nitrogens with zero attached hydrogens (tertiary/aromatic N) is 1. The quantitative estimate of drug-likeness (QED) is 0.412. The first-order valence-corrected chi connectivity index (χ1v) is 4.10. The highest BCUT2D eigenvalue weighted by Crippen LogP contribution is 1.99. The maximum absolute atomic E-state index is 10.9. The first-order chi connectivity index (χ1) is 6.83. The van der Waals surface area contributed by atoms with Crippen molar-refractivity contribution >= 4 is 12.2 Å². The molecule has 0 atom stereocenters. The average molecular weight is 193 g/mol. The van der Waals surface area contributed by atoms with Crippen molar-refractivity contribution in [1.82, 2.24) is 0 Å². The van der Waals surface area contributed by atoms with Crippen LogP contribution in [0, 0.1) is 0 Å². The van der Waals surface area contributed by atoms with E-state index in [1.54, 1.807) is 0 Å². The minimum absolute atomic E-state index is 0.245. The van der Waals surface area contributed by atoms with E-state index in [-0.39, 0.29) is 6.61 Å². The molecule has 0 unspecified atom stereocenters. The first kappa shape index (κ1) is 10.2. The Kier molecular flexibility index (Phi) is 4.20. The summed E-state index contributed by atoms with van der Waals surface area (Å²) in [5.74, 6) is -0.518. The summed E-state index contributed by atoms with van der Waals surface area (Å²) in [7, 11) is 1.36. The normalized spacial score (nSPS) is 10.1. The molecule has 0 radical (unpaired) electrons. The van der Waals surface area contributed by atoms with E-state index in [2.05, 4.69) is 9.99 Å². The monoisotopic (exact) mass is 193 g/mol. The lowest BCUT2D eigenvalue weighted by Crippen LogP contribution is -2.05. The highest BCUT2D eigenvalue weighted by Gasteiger charge is 1.98. The van der Waals surface area contributed by atoms with Crippen LogP contribution in [0.3, 0.4) is 0 Å². The molecule has 0 aliphatic rings. The van der Waals surface area contributed by atoms with Crippen LogP contribution in [0.5, 0.6) is 0 Å². The molecule has 0 aromatic heterocycles. The maximum Gasteiger partial charge on any atom is 0.353 e. The fourth-order valence-corrected chi connectivity index (χ4v) is 0.862. The lowest BCUT2D eigenvalue weighted by atomic mass is 10.2. The third kappa shape index (κ3) is 3.71. The average Bonchev–Trinajstić information content (AvgIpc) is 2.25. The number of benzene rings is 1. The smallest absolute Gasteiger partial charge is 0.353 e. The summed E-state index contributed by atoms with van der Waals surface area (Å²) in [5, 5.41) is 3.28. The van der Waals surface area contributed by atoms with E-state index in [4.69, 9.17) is 4.74 Å². The van der Waals surface area contributed by atoms with Gasteiger partial charge in [-0.2, -0.15) is 0 Å². The third-order valence-electron chi connectivity index (χ3n) is 1.49. The van der Waals surface area contributed by atoms with Crippen LogP contribution in [0.25, 0.3) is 0 Å². The Morgan fingerprint density at radius 2 is 2.14 bits per heavy atom. The summed E-state index contributed by atoms with van der Waals surface area (Å²) in [6.07, 6.45) is 0.989. The van der Waals surface area contributed by atoms with Crippen molar-refractivity contribution in [3.05, 3.63) is 35.9 Å². The fourth-order valence-electron chi connectivity index (χ4n) is 0.862. The van der Waals surface area contributed by atoms with Crippen molar-refractivity contribution in [2.24, 2.45) is 5.16 Å². The second kappa shape index (κ2) is 5.75. The molecule has 0 N–H and O–H groups in total. The molecule has 1 aromatic carbocycles. The number of rotatable bonds is 4. The summed E-state index contributed by atoms with van der Waals surface area (Å²) >= 11 is 0. The van der Waals surface area contributed by atoms with Crippen LogP contribution in [0.2, 0.25) is 0 Å². The van der Waals surface area contributed by atoms with E-state index >= 15 is 0 Å². The van der Waals surface area contributed by atoms with E-state index in [0.29, 0.717) is 0 Å². The number of ether oxygens (including phenoxy) is 1. The van der Waals surface area contributed by atoms with Gasteiger partial charge in [0, 0.05) is 0 Å². The van der Waals surface area contributed by atoms with Crippen LogP contribution in [-0.2, 0) is 21.0 Å². The Balaban J connectivity index is 2.34. The largest absolute Gasteiger partial charge is 0.456 e. The van der Waals surface area contributed by atoms with Crippen molar-refractivity contribution in [1.29, 1.82) is 0 Å². The van der Waals surface area contributed by atoms with Gasteiger partial charge < -0.3 is 9.57 Å². The first-order valence-electron chi connectivity index (χ1n) is 4.10. The van der Waals surface area contributed by atoms with Crippen molar-refractivity contribution in [3.63, 3.8) is 0 Å². The minimum atomic E-state index is -0.518. The van der Waals surface area contributed by atoms with Gasteiger partial charge in [-0.1, -0.05) is 35.5 Å². The van der Waals surface area contributed by atoms with Gasteiger partial charge in [0.15, 0.2) is 6.21 Å². The molecular weight excluding hydrogens is 182 g/mol. The summed E-state index contributed by atoms with van der Waals surface area (Å²) < 4.78 is 4.86. The highest BCUT2D eigenvalue weighted by molar-refractivity contribution is 6.22. The molecule has 0 bridgehead atoms. The SMILES string of the molecule is CO/N=C/C(=O)OCc1ccccc1. The predicted octanol–water partition coefficient (Wildman–Crippen LogP) is 1.36. The second-order valence-corrected chi connectivity index (χ2v) is 2.51. The summed E-state index contributed by atoms with van der Waals surface area (Å²) in [5.41, 5.74) is 0.937. The van der Waals surface area contributed by atoms with Gasteiger partial charge in [0.1, 0.15) is 13.7 Å². The molecule has 0 spiro atoms. The molecule has 1 aromatic rings. The number of carbonyl (C=O) groups excluding carboxylic acids is 1. The van der Waals surface area contributed by atoms with Crippen molar-refractivity contribution in [3.8, 4) is 0 Å². The predicted molar refractivity (Wildman–Crippen MR) is 51.7 cm³/mol. The Hall–Kier alpha value is -1.84. The molecule has 74 valence electrons. The summed E-state index contributed by atoms with van der Waals surface area (Å²) in [6.45, 7) is 0.245. The number of oxime groups is 1. The Labute approximate surface area is 82.1 Å². The number of hydrogen-bond acceptors (Lipinski definition) is 4. The van der Waals surface area contributed by atoms with Gasteiger partial charge in [0.05, 0.1) is 0 Å². The molecule has 0 fully saturated rings. The van der Waals surface area contributed by atoms with E-state index < -0.39 is 5.97 Å². The van der Waals surface area contributed by atoms with E-state index in [1.807, 2.05) is 30.3 Å². The van der Waals surface area contributed by atoms with Crippen molar-refractivity contribution in [2.75, 3.05) is 7.11 Å². The van der Waals surface area contributed by atoms with Gasteiger partial charge in [0.2, 0.25) is 0 Å². The van der Waals surface area contributed by atoms with Crippen LogP contribution >= 0.6 is 0 Å². The molecule has 0 aliphatic heterocycles. The third-order valence-corrected chi connectivity index (χ3v) is 1.49. The van der Waals surface area contributed by atoms with Gasteiger partial charge in [-0.05, 0) is 5.56 Å². The summed E-state index contributed by atoms with van der Waals surface area (Å²) in [4.78, 5) is 15.3. The van der Waals surface area contributed by atoms with E-state index in [1.165, 1.54) is 7.11 Å². The highest BCUT2D eigenvalue weighted by atomic mass is 16.6. The zero-order chi connectivity index (χ0) is 10.2. The molecule has 0 heterocycles. The standard InChI is InChI=1S/C10H11NO3/c1-13-11-7-10(12)14-8-9-5-3-2-4-6-9/h2-7H,8H2,1H3/b11-7+. The molecule has 0 saturated heterocycles. The van der Waals surface area contributed by atoms with Crippen LogP contribution in [0.1, 0.15) is 5.56 Å². The molecular formula is C10H11NO3. The van der Waals surface area contributed by atoms with Crippen LogP contribution in [-0.4, -0.2) is 19.3 Å². The number of esters is 1. The van der Waals surface area contributed by atoms with Gasteiger partial charge in [0.25, 0.3) is 0 Å². The molecule has 0 saturated carbocycles. The van der Waals surface area contributed by atoms with Gasteiger partial charge >= 0.3 is 5.97 Å². The van der Waals surface area contributed by atoms with E-state index in [0.717, 1.165) is 11.8 Å². The van der Waals surface area contributed by atoms with Crippen LogP contribution < -0.4 is 0 Å². The van der Waals surface area contributed by atoms with E-state index in [9.17, 15) is 4.79 Å².